The number of nitro groups is 1. The average Bonchev–Trinajstić information content (AvgIpc) is 2.54. The molecule has 2 N–H and O–H groups in total. The second-order valence-electron chi connectivity index (χ2n) is 8.65. The van der Waals surface area contributed by atoms with Crippen LogP contribution >= 0.6 is 0 Å². The van der Waals surface area contributed by atoms with Gasteiger partial charge in [0.1, 0.15) is 11.3 Å². The van der Waals surface area contributed by atoms with Crippen LogP contribution in [0.4, 0.5) is 11.4 Å². The Balaban J connectivity index is 2.56. The molecule has 0 saturated carbocycles. The van der Waals surface area contributed by atoms with Crippen molar-refractivity contribution in [1.29, 1.82) is 0 Å². The number of benzene rings is 2. The van der Waals surface area contributed by atoms with E-state index in [1.807, 2.05) is 47.6 Å². The molecule has 6 nitrogen and oxygen atoms in total. The molecule has 6 heteroatoms. The molecule has 2 aromatic carbocycles. The fourth-order valence-electron chi connectivity index (χ4n) is 2.75. The number of carbonyl (C=O) groups is 1. The zero-order valence-electron chi connectivity index (χ0n) is 16.6. The van der Waals surface area contributed by atoms with Gasteiger partial charge in [-0.15, -0.1) is 0 Å². The fourth-order valence-corrected chi connectivity index (χ4v) is 2.75. The number of phenols is 1. The lowest BCUT2D eigenvalue weighted by atomic mass is 9.79. The van der Waals surface area contributed by atoms with E-state index in [0.29, 0.717) is 5.56 Å². The number of hydrogen-bond donors (Lipinski definition) is 2. The molecule has 27 heavy (non-hydrogen) atoms. The monoisotopic (exact) mass is 370 g/mol. The molecule has 0 bridgehead atoms. The molecule has 144 valence electrons. The van der Waals surface area contributed by atoms with Gasteiger partial charge in [0.25, 0.3) is 11.6 Å². The Hall–Kier alpha value is -2.89. The number of carbonyl (C=O) groups excluding carboxylic acids is 1. The summed E-state index contributed by atoms with van der Waals surface area (Å²) in [5, 5.41) is 24.6. The summed E-state index contributed by atoms with van der Waals surface area (Å²) in [7, 11) is 0. The summed E-state index contributed by atoms with van der Waals surface area (Å²) in [5.74, 6) is -0.661. The van der Waals surface area contributed by atoms with E-state index in [9.17, 15) is 20.0 Å². The highest BCUT2D eigenvalue weighted by molar-refractivity contribution is 6.07. The number of amides is 1. The summed E-state index contributed by atoms with van der Waals surface area (Å²) in [5.41, 5.74) is 1.01. The van der Waals surface area contributed by atoms with Crippen LogP contribution in [0.3, 0.4) is 0 Å². The van der Waals surface area contributed by atoms with Crippen LogP contribution < -0.4 is 5.32 Å². The molecule has 0 aromatic heterocycles. The van der Waals surface area contributed by atoms with Gasteiger partial charge in [0.15, 0.2) is 0 Å². The minimum atomic E-state index is -0.636. The van der Waals surface area contributed by atoms with Crippen LogP contribution in [0, 0.1) is 10.1 Å². The molecule has 0 heterocycles. The summed E-state index contributed by atoms with van der Waals surface area (Å²) >= 11 is 0. The highest BCUT2D eigenvalue weighted by Gasteiger charge is 2.27. The van der Waals surface area contributed by atoms with Gasteiger partial charge in [-0.1, -0.05) is 59.7 Å². The van der Waals surface area contributed by atoms with Crippen molar-refractivity contribution in [2.24, 2.45) is 0 Å². The van der Waals surface area contributed by atoms with Crippen molar-refractivity contribution in [2.75, 3.05) is 5.32 Å². The third-order valence-electron chi connectivity index (χ3n) is 4.38. The highest BCUT2D eigenvalue weighted by atomic mass is 16.6. The predicted octanol–water partition coefficient (Wildman–Crippen LogP) is 5.15. The molecule has 0 spiro atoms. The number of phenolic OH excluding ortho intramolecular Hbond substituents is 1. The smallest absolute Gasteiger partial charge is 0.282 e. The molecule has 0 unspecified atom stereocenters. The van der Waals surface area contributed by atoms with E-state index in [-0.39, 0.29) is 33.5 Å². The normalized spacial score (nSPS) is 11.9. The third-order valence-corrected chi connectivity index (χ3v) is 4.38. The molecule has 0 aliphatic heterocycles. The van der Waals surface area contributed by atoms with Crippen LogP contribution in [0.15, 0.2) is 36.4 Å². The van der Waals surface area contributed by atoms with Crippen LogP contribution in [0.25, 0.3) is 0 Å². The lowest BCUT2D eigenvalue weighted by molar-refractivity contribution is -0.385. The number of anilines is 1. The molecule has 0 saturated heterocycles. The van der Waals surface area contributed by atoms with Gasteiger partial charge < -0.3 is 10.4 Å². The quantitative estimate of drug-likeness (QED) is 0.444. The number of nitro benzene ring substituents is 1. The van der Waals surface area contributed by atoms with Gasteiger partial charge in [0.05, 0.1) is 10.6 Å². The Labute approximate surface area is 159 Å². The minimum Gasteiger partial charge on any atom is -0.505 e. The molecule has 0 radical (unpaired) electrons. The van der Waals surface area contributed by atoms with Crippen molar-refractivity contribution >= 4 is 17.3 Å². The molecule has 2 rings (SSSR count). The summed E-state index contributed by atoms with van der Waals surface area (Å²) < 4.78 is 0. The Morgan fingerprint density at radius 3 is 2.15 bits per heavy atom. The van der Waals surface area contributed by atoms with Gasteiger partial charge in [-0.2, -0.15) is 0 Å². The topological polar surface area (TPSA) is 92.5 Å². The Bertz CT molecular complexity index is 890. The van der Waals surface area contributed by atoms with E-state index in [4.69, 9.17) is 0 Å². The third kappa shape index (κ3) is 4.45. The Kier molecular flexibility index (Phi) is 5.31. The van der Waals surface area contributed by atoms with Crippen molar-refractivity contribution in [1.82, 2.24) is 0 Å². The number of para-hydroxylation sites is 1. The van der Waals surface area contributed by atoms with Crippen molar-refractivity contribution < 1.29 is 14.8 Å². The molecule has 0 fully saturated rings. The number of rotatable bonds is 3. The summed E-state index contributed by atoms with van der Waals surface area (Å²) in [4.78, 5) is 23.3. The van der Waals surface area contributed by atoms with Gasteiger partial charge in [0.2, 0.25) is 0 Å². The van der Waals surface area contributed by atoms with Crippen molar-refractivity contribution in [3.8, 4) is 5.75 Å². The van der Waals surface area contributed by atoms with E-state index in [0.717, 1.165) is 5.56 Å². The second kappa shape index (κ2) is 7.02. The molecule has 1 amide bonds. The summed E-state index contributed by atoms with van der Waals surface area (Å²) in [6.07, 6.45) is 0. The standard InChI is InChI=1S/C21H26N2O4/c1-20(2,3)13-11-15(21(4,5)6)18(24)16(12-13)22-19(25)14-9-7-8-10-17(14)23(26)27/h7-12,24H,1-6H3,(H,22,25). The Morgan fingerprint density at radius 2 is 1.63 bits per heavy atom. The summed E-state index contributed by atoms with van der Waals surface area (Å²) in [6.45, 7) is 12.0. The number of aromatic hydroxyl groups is 1. The first-order chi connectivity index (χ1) is 12.3. The molecule has 0 aliphatic rings. The second-order valence-corrected chi connectivity index (χ2v) is 8.65. The van der Waals surface area contributed by atoms with E-state index < -0.39 is 10.8 Å². The van der Waals surface area contributed by atoms with Gasteiger partial charge in [0, 0.05) is 11.6 Å². The van der Waals surface area contributed by atoms with Crippen LogP contribution in [-0.4, -0.2) is 15.9 Å². The first-order valence-electron chi connectivity index (χ1n) is 8.75. The van der Waals surface area contributed by atoms with Crippen LogP contribution in [0.5, 0.6) is 5.75 Å². The highest BCUT2D eigenvalue weighted by Crippen LogP contribution is 2.40. The lowest BCUT2D eigenvalue weighted by Crippen LogP contribution is -2.19. The van der Waals surface area contributed by atoms with Gasteiger partial charge >= 0.3 is 0 Å². The maximum atomic E-state index is 12.7. The van der Waals surface area contributed by atoms with Crippen LogP contribution in [0.1, 0.15) is 63.0 Å². The molecule has 0 atom stereocenters. The van der Waals surface area contributed by atoms with Crippen molar-refractivity contribution in [3.63, 3.8) is 0 Å². The van der Waals surface area contributed by atoms with E-state index in [2.05, 4.69) is 5.32 Å². The largest absolute Gasteiger partial charge is 0.505 e. The van der Waals surface area contributed by atoms with E-state index in [1.165, 1.54) is 18.2 Å². The van der Waals surface area contributed by atoms with Gasteiger partial charge in [-0.3, -0.25) is 14.9 Å². The number of nitrogens with one attached hydrogen (secondary N) is 1. The summed E-state index contributed by atoms with van der Waals surface area (Å²) in [6, 6.07) is 9.40. The van der Waals surface area contributed by atoms with Gasteiger partial charge in [-0.05, 0) is 28.5 Å². The number of nitrogens with zero attached hydrogens (tertiary/aromatic N) is 1. The lowest BCUT2D eigenvalue weighted by Gasteiger charge is -2.27. The number of hydrogen-bond acceptors (Lipinski definition) is 4. The predicted molar refractivity (Wildman–Crippen MR) is 107 cm³/mol. The van der Waals surface area contributed by atoms with Crippen molar-refractivity contribution in [2.45, 2.75) is 52.4 Å². The Morgan fingerprint density at radius 1 is 1.04 bits per heavy atom. The SMILES string of the molecule is CC(C)(C)c1cc(NC(=O)c2ccccc2[N+](=O)[O-])c(O)c(C(C)(C)C)c1. The molecule has 0 aliphatic carbocycles. The first kappa shape index (κ1) is 20.4. The minimum absolute atomic E-state index is 0.0255. The van der Waals surface area contributed by atoms with Gasteiger partial charge in [-0.25, -0.2) is 0 Å². The van der Waals surface area contributed by atoms with Crippen molar-refractivity contribution in [3.05, 3.63) is 63.2 Å². The van der Waals surface area contributed by atoms with E-state index >= 15 is 0 Å². The van der Waals surface area contributed by atoms with Crippen LogP contribution in [0.2, 0.25) is 0 Å². The average molecular weight is 370 g/mol. The molecular formula is C21H26N2O4. The maximum absolute atomic E-state index is 12.7. The maximum Gasteiger partial charge on any atom is 0.282 e. The zero-order valence-corrected chi connectivity index (χ0v) is 16.6. The van der Waals surface area contributed by atoms with E-state index in [1.54, 1.807) is 12.1 Å². The van der Waals surface area contributed by atoms with Crippen LogP contribution in [-0.2, 0) is 10.8 Å². The first-order valence-corrected chi connectivity index (χ1v) is 8.75. The molecular weight excluding hydrogens is 344 g/mol. The zero-order chi connectivity index (χ0) is 20.6. The molecule has 2 aromatic rings. The fraction of sp³-hybridized carbons (Fsp3) is 0.381.